The largest absolute Gasteiger partial charge is 0.459 e. The lowest BCUT2D eigenvalue weighted by atomic mass is 10.1. The van der Waals surface area contributed by atoms with E-state index in [-0.39, 0.29) is 5.56 Å². The quantitative estimate of drug-likeness (QED) is 0.470. The third kappa shape index (κ3) is 2.82. The van der Waals surface area contributed by atoms with Gasteiger partial charge in [0.25, 0.3) is 0 Å². The average Bonchev–Trinajstić information content (AvgIpc) is 2.27. The molecule has 0 amide bonds. The summed E-state index contributed by atoms with van der Waals surface area (Å²) < 4.78 is 17.2. The van der Waals surface area contributed by atoms with E-state index in [1.807, 2.05) is 0 Å². The minimum Gasteiger partial charge on any atom is -0.459 e. The molecule has 1 aromatic rings. The van der Waals surface area contributed by atoms with Gasteiger partial charge in [-0.3, -0.25) is 0 Å². The third-order valence-corrected chi connectivity index (χ3v) is 1.58. The van der Waals surface area contributed by atoms with Crippen LogP contribution < -0.4 is 0 Å². The molecule has 15 heavy (non-hydrogen) atoms. The van der Waals surface area contributed by atoms with Crippen LogP contribution in [-0.2, 0) is 9.53 Å². The van der Waals surface area contributed by atoms with Crippen molar-refractivity contribution in [3.8, 4) is 17.9 Å². The molecule has 3 nitrogen and oxygen atoms in total. The van der Waals surface area contributed by atoms with E-state index in [2.05, 4.69) is 16.6 Å². The topological polar surface area (TPSA) is 50.1 Å². The number of carbonyl (C=O) groups is 1. The molecule has 0 aliphatic heterocycles. The molecular formula is C11H6FNO2. The molecule has 0 aromatic heterocycles. The highest BCUT2D eigenvalue weighted by Crippen LogP contribution is 2.08. The molecule has 0 bridgehead atoms. The van der Waals surface area contributed by atoms with Gasteiger partial charge in [0.2, 0.25) is 0 Å². The Balaban J connectivity index is 3.02. The number of hydrogen-bond donors (Lipinski definition) is 0. The van der Waals surface area contributed by atoms with E-state index in [1.165, 1.54) is 19.2 Å². The summed E-state index contributed by atoms with van der Waals surface area (Å²) in [6.07, 6.45) is 0. The van der Waals surface area contributed by atoms with Gasteiger partial charge in [-0.25, -0.2) is 9.18 Å². The monoisotopic (exact) mass is 203 g/mol. The number of carbonyl (C=O) groups excluding carboxylic acids is 1. The van der Waals surface area contributed by atoms with Crippen molar-refractivity contribution in [1.82, 2.24) is 0 Å². The number of ether oxygens (including phenoxy) is 1. The van der Waals surface area contributed by atoms with Crippen molar-refractivity contribution in [2.24, 2.45) is 0 Å². The van der Waals surface area contributed by atoms with Gasteiger partial charge in [0.1, 0.15) is 11.9 Å². The molecule has 0 heterocycles. The first kappa shape index (κ1) is 10.7. The first-order valence-corrected chi connectivity index (χ1v) is 3.97. The van der Waals surface area contributed by atoms with Crippen LogP contribution in [0.1, 0.15) is 11.1 Å². The van der Waals surface area contributed by atoms with Crippen molar-refractivity contribution < 1.29 is 13.9 Å². The van der Waals surface area contributed by atoms with E-state index in [9.17, 15) is 9.18 Å². The Bertz CT molecular complexity index is 492. The number of esters is 1. The van der Waals surface area contributed by atoms with Gasteiger partial charge in [-0.2, -0.15) is 5.26 Å². The fourth-order valence-corrected chi connectivity index (χ4v) is 0.863. The molecule has 0 spiro atoms. The molecule has 1 aromatic carbocycles. The van der Waals surface area contributed by atoms with E-state index in [1.54, 1.807) is 6.07 Å². The molecule has 0 saturated carbocycles. The number of methoxy groups -OCH3 is 1. The van der Waals surface area contributed by atoms with Crippen molar-refractivity contribution in [2.75, 3.05) is 7.11 Å². The van der Waals surface area contributed by atoms with E-state index in [4.69, 9.17) is 5.26 Å². The number of rotatable bonds is 0. The zero-order chi connectivity index (χ0) is 11.3. The number of nitriles is 1. The maximum atomic E-state index is 12.9. The first-order chi connectivity index (χ1) is 7.17. The molecule has 0 aliphatic carbocycles. The third-order valence-electron chi connectivity index (χ3n) is 1.58. The van der Waals surface area contributed by atoms with E-state index < -0.39 is 11.8 Å². The lowest BCUT2D eigenvalue weighted by Gasteiger charge is -1.93. The van der Waals surface area contributed by atoms with Crippen LogP contribution in [0, 0.1) is 29.0 Å². The molecule has 74 valence electrons. The number of nitrogens with zero attached hydrogens (tertiary/aromatic N) is 1. The zero-order valence-electron chi connectivity index (χ0n) is 7.87. The van der Waals surface area contributed by atoms with Crippen molar-refractivity contribution in [3.05, 3.63) is 35.1 Å². The van der Waals surface area contributed by atoms with Gasteiger partial charge in [0.15, 0.2) is 0 Å². The first-order valence-electron chi connectivity index (χ1n) is 3.97. The van der Waals surface area contributed by atoms with Gasteiger partial charge in [-0.05, 0) is 18.2 Å². The fraction of sp³-hybridized carbons (Fsp3) is 0.0909. The van der Waals surface area contributed by atoms with Crippen molar-refractivity contribution in [1.29, 1.82) is 5.26 Å². The van der Waals surface area contributed by atoms with Crippen LogP contribution >= 0.6 is 0 Å². The van der Waals surface area contributed by atoms with E-state index >= 15 is 0 Å². The summed E-state index contributed by atoms with van der Waals surface area (Å²) >= 11 is 0. The van der Waals surface area contributed by atoms with Crippen LogP contribution in [0.3, 0.4) is 0 Å². The molecule has 4 heteroatoms. The van der Waals surface area contributed by atoms with E-state index in [0.717, 1.165) is 6.07 Å². The predicted octanol–water partition coefficient (Wildman–Crippen LogP) is 1.22. The molecule has 0 unspecified atom stereocenters. The summed E-state index contributed by atoms with van der Waals surface area (Å²) in [5.74, 6) is 3.34. The lowest BCUT2D eigenvalue weighted by Crippen LogP contribution is -1.94. The Kier molecular flexibility index (Phi) is 3.43. The highest BCUT2D eigenvalue weighted by molar-refractivity contribution is 5.89. The second kappa shape index (κ2) is 4.78. The van der Waals surface area contributed by atoms with Crippen molar-refractivity contribution in [2.45, 2.75) is 0 Å². The molecule has 0 aliphatic rings. The second-order valence-electron chi connectivity index (χ2n) is 2.55. The molecule has 0 saturated heterocycles. The summed E-state index contributed by atoms with van der Waals surface area (Å²) in [7, 11) is 1.21. The van der Waals surface area contributed by atoms with Gasteiger partial charge in [-0.1, -0.05) is 5.92 Å². The van der Waals surface area contributed by atoms with Gasteiger partial charge in [0, 0.05) is 11.5 Å². The zero-order valence-corrected chi connectivity index (χ0v) is 7.87. The van der Waals surface area contributed by atoms with Crippen LogP contribution in [0.2, 0.25) is 0 Å². The number of halogens is 1. The summed E-state index contributed by atoms with van der Waals surface area (Å²) in [6, 6.07) is 5.45. The van der Waals surface area contributed by atoms with Crippen LogP contribution in [0.5, 0.6) is 0 Å². The smallest absolute Gasteiger partial charge is 0.384 e. The van der Waals surface area contributed by atoms with Gasteiger partial charge in [0.05, 0.1) is 12.7 Å². The van der Waals surface area contributed by atoms with Crippen molar-refractivity contribution >= 4 is 5.97 Å². The van der Waals surface area contributed by atoms with Crippen LogP contribution in [0.15, 0.2) is 18.2 Å². The highest BCUT2D eigenvalue weighted by Gasteiger charge is 2.00. The standard InChI is InChI=1S/C11H6FNO2/c1-15-11(14)5-3-8-2-4-10(12)9(6-8)7-13/h2,4,6H,1H3. The Morgan fingerprint density at radius 3 is 2.87 bits per heavy atom. The highest BCUT2D eigenvalue weighted by atomic mass is 19.1. The minimum absolute atomic E-state index is 0.105. The molecule has 1 rings (SSSR count). The van der Waals surface area contributed by atoms with Gasteiger partial charge < -0.3 is 4.74 Å². The molecule has 0 N–H and O–H groups in total. The lowest BCUT2D eigenvalue weighted by molar-refractivity contribution is -0.133. The Morgan fingerprint density at radius 2 is 2.27 bits per heavy atom. The Morgan fingerprint density at radius 1 is 1.53 bits per heavy atom. The molecule has 0 fully saturated rings. The van der Waals surface area contributed by atoms with Crippen LogP contribution in [0.25, 0.3) is 0 Å². The fourth-order valence-electron chi connectivity index (χ4n) is 0.863. The number of hydrogen-bond acceptors (Lipinski definition) is 3. The van der Waals surface area contributed by atoms with Crippen molar-refractivity contribution in [3.63, 3.8) is 0 Å². The summed E-state index contributed by atoms with van der Waals surface area (Å²) in [5, 5.41) is 8.54. The van der Waals surface area contributed by atoms with Gasteiger partial charge in [-0.15, -0.1) is 0 Å². The predicted molar refractivity (Wildman–Crippen MR) is 50.0 cm³/mol. The average molecular weight is 203 g/mol. The SMILES string of the molecule is COC(=O)C#Cc1ccc(F)c(C#N)c1. The Hall–Kier alpha value is -2.33. The molecular weight excluding hydrogens is 197 g/mol. The Labute approximate surface area is 86.1 Å². The van der Waals surface area contributed by atoms with Gasteiger partial charge >= 0.3 is 5.97 Å². The van der Waals surface area contributed by atoms with E-state index in [0.29, 0.717) is 5.56 Å². The summed E-state index contributed by atoms with van der Waals surface area (Å²) in [5.41, 5.74) is 0.282. The molecule has 0 atom stereocenters. The minimum atomic E-state index is -0.683. The normalized spacial score (nSPS) is 8.33. The second-order valence-corrected chi connectivity index (χ2v) is 2.55. The molecule has 0 radical (unpaired) electrons. The summed E-state index contributed by atoms with van der Waals surface area (Å²) in [4.78, 5) is 10.7. The van der Waals surface area contributed by atoms with Crippen LogP contribution in [-0.4, -0.2) is 13.1 Å². The maximum absolute atomic E-state index is 12.9. The van der Waals surface area contributed by atoms with Crippen LogP contribution in [0.4, 0.5) is 4.39 Å². The summed E-state index contributed by atoms with van der Waals surface area (Å²) in [6.45, 7) is 0. The number of benzene rings is 1. The maximum Gasteiger partial charge on any atom is 0.384 e.